The maximum Gasteiger partial charge on any atom is 0.243 e. The lowest BCUT2D eigenvalue weighted by molar-refractivity contribution is 0.353. The molecule has 2 aliphatic rings. The van der Waals surface area contributed by atoms with Crippen molar-refractivity contribution in [3.63, 3.8) is 0 Å². The highest BCUT2D eigenvalue weighted by Gasteiger charge is 2.34. The average Bonchev–Trinajstić information content (AvgIpc) is 3.48. The summed E-state index contributed by atoms with van der Waals surface area (Å²) in [5.41, 5.74) is 1.03. The van der Waals surface area contributed by atoms with E-state index >= 15 is 0 Å². The van der Waals surface area contributed by atoms with Crippen molar-refractivity contribution in [3.05, 3.63) is 30.0 Å². The summed E-state index contributed by atoms with van der Waals surface area (Å²) in [7, 11) is -2.03. The van der Waals surface area contributed by atoms with Crippen molar-refractivity contribution in [2.45, 2.75) is 43.0 Å². The zero-order valence-corrected chi connectivity index (χ0v) is 17.3. The summed E-state index contributed by atoms with van der Waals surface area (Å²) in [6.07, 6.45) is 4.78. The molecule has 1 unspecified atom stereocenters. The van der Waals surface area contributed by atoms with Crippen LogP contribution in [0.1, 0.15) is 37.7 Å². The first kappa shape index (κ1) is 20.3. The Morgan fingerprint density at radius 1 is 1.30 bits per heavy atom. The quantitative estimate of drug-likeness (QED) is 0.837. The van der Waals surface area contributed by atoms with Gasteiger partial charge in [0, 0.05) is 36.1 Å². The lowest BCUT2D eigenvalue weighted by Gasteiger charge is -2.27. The van der Waals surface area contributed by atoms with E-state index in [2.05, 4.69) is 10.3 Å². The number of ether oxygens (including phenoxy) is 1. The van der Waals surface area contributed by atoms with E-state index in [-0.39, 0.29) is 18.4 Å². The normalized spacial score (nSPS) is 21.5. The fourth-order valence-corrected chi connectivity index (χ4v) is 5.73. The number of nitrogens with one attached hydrogen (secondary N) is 1. The van der Waals surface area contributed by atoms with Crippen LogP contribution in [0.3, 0.4) is 0 Å². The third-order valence-electron chi connectivity index (χ3n) is 5.33. The first-order valence-corrected chi connectivity index (χ1v) is 10.7. The van der Waals surface area contributed by atoms with Crippen molar-refractivity contribution < 1.29 is 13.2 Å². The molecule has 0 amide bonds. The van der Waals surface area contributed by atoms with E-state index in [1.54, 1.807) is 29.7 Å². The van der Waals surface area contributed by atoms with Gasteiger partial charge in [-0.2, -0.15) is 4.31 Å². The maximum absolute atomic E-state index is 13.6. The number of hydrogen-bond acceptors (Lipinski definition) is 5. The standard InChI is InChI=1S/C19H25N3O3S.ClH/c1-13-11-20-9-4-10-22(13)26(23,24)17-6-3-5-15-18(17)16(14-7-8-14)12-21-19(15)25-2;/h3,5-6,12-14,20H,4,7-11H2,1-2H3;1H. The molecule has 2 fully saturated rings. The van der Waals surface area contributed by atoms with Gasteiger partial charge in [-0.25, -0.2) is 13.4 Å². The van der Waals surface area contributed by atoms with E-state index < -0.39 is 10.0 Å². The van der Waals surface area contributed by atoms with E-state index in [1.807, 2.05) is 13.0 Å². The Hall–Kier alpha value is -1.41. The monoisotopic (exact) mass is 411 g/mol. The summed E-state index contributed by atoms with van der Waals surface area (Å²) < 4.78 is 34.2. The molecule has 148 valence electrons. The van der Waals surface area contributed by atoms with Gasteiger partial charge in [-0.1, -0.05) is 6.07 Å². The molecule has 1 saturated carbocycles. The van der Waals surface area contributed by atoms with Crippen molar-refractivity contribution in [2.24, 2.45) is 0 Å². The summed E-state index contributed by atoms with van der Waals surface area (Å²) >= 11 is 0. The molecule has 1 aromatic carbocycles. The van der Waals surface area contributed by atoms with Gasteiger partial charge in [-0.05, 0) is 56.3 Å². The van der Waals surface area contributed by atoms with Gasteiger partial charge < -0.3 is 10.1 Å². The zero-order chi connectivity index (χ0) is 18.3. The minimum Gasteiger partial charge on any atom is -0.481 e. The SMILES string of the molecule is COc1ncc(C2CC2)c2c(S(=O)(=O)N3CCCNCC3C)cccc12.Cl. The minimum absolute atomic E-state index is 0. The molecule has 2 heterocycles. The molecule has 8 heteroatoms. The number of rotatable bonds is 4. The third kappa shape index (κ3) is 3.66. The van der Waals surface area contributed by atoms with Crippen LogP contribution in [0.2, 0.25) is 0 Å². The summed E-state index contributed by atoms with van der Waals surface area (Å²) in [5, 5.41) is 4.87. The van der Waals surface area contributed by atoms with E-state index in [4.69, 9.17) is 4.74 Å². The van der Waals surface area contributed by atoms with Crippen molar-refractivity contribution in [1.29, 1.82) is 0 Å². The van der Waals surface area contributed by atoms with Crippen molar-refractivity contribution in [3.8, 4) is 5.88 Å². The van der Waals surface area contributed by atoms with Crippen LogP contribution in [-0.2, 0) is 10.0 Å². The molecule has 2 aromatic rings. The van der Waals surface area contributed by atoms with E-state index in [0.717, 1.165) is 42.1 Å². The third-order valence-corrected chi connectivity index (χ3v) is 7.38. The molecule has 1 atom stereocenters. The molecule has 0 bridgehead atoms. The van der Waals surface area contributed by atoms with Gasteiger partial charge in [-0.15, -0.1) is 12.4 Å². The number of methoxy groups -OCH3 is 1. The van der Waals surface area contributed by atoms with Gasteiger partial charge in [-0.3, -0.25) is 0 Å². The van der Waals surface area contributed by atoms with Gasteiger partial charge in [0.05, 0.1) is 12.0 Å². The van der Waals surface area contributed by atoms with Crippen LogP contribution in [0, 0.1) is 0 Å². The number of pyridine rings is 1. The largest absolute Gasteiger partial charge is 0.481 e. The van der Waals surface area contributed by atoms with E-state index in [0.29, 0.717) is 29.8 Å². The van der Waals surface area contributed by atoms with Crippen LogP contribution < -0.4 is 10.1 Å². The lowest BCUT2D eigenvalue weighted by atomic mass is 10.0. The molecule has 0 spiro atoms. The Balaban J connectivity index is 0.00000210. The Kier molecular flexibility index (Phi) is 5.96. The lowest BCUT2D eigenvalue weighted by Crippen LogP contribution is -2.41. The molecule has 4 rings (SSSR count). The number of fused-ring (bicyclic) bond motifs is 1. The number of aromatic nitrogens is 1. The number of sulfonamides is 1. The highest BCUT2D eigenvalue weighted by Crippen LogP contribution is 2.46. The van der Waals surface area contributed by atoms with Crippen LogP contribution in [-0.4, -0.2) is 50.5 Å². The average molecular weight is 412 g/mol. The molecule has 1 aliphatic heterocycles. The van der Waals surface area contributed by atoms with Crippen molar-refractivity contribution in [2.75, 3.05) is 26.7 Å². The molecule has 1 aromatic heterocycles. The summed E-state index contributed by atoms with van der Waals surface area (Å²) in [4.78, 5) is 4.79. The predicted octanol–water partition coefficient (Wildman–Crippen LogP) is 2.92. The van der Waals surface area contributed by atoms with Crippen LogP contribution in [0.15, 0.2) is 29.3 Å². The second kappa shape index (κ2) is 7.91. The molecule has 6 nitrogen and oxygen atoms in total. The van der Waals surface area contributed by atoms with E-state index in [9.17, 15) is 8.42 Å². The van der Waals surface area contributed by atoms with Gasteiger partial charge >= 0.3 is 0 Å². The molecule has 1 aliphatic carbocycles. The van der Waals surface area contributed by atoms with E-state index in [1.165, 1.54) is 0 Å². The molecular weight excluding hydrogens is 386 g/mol. The van der Waals surface area contributed by atoms with Crippen molar-refractivity contribution >= 4 is 33.2 Å². The Labute approximate surface area is 166 Å². The molecule has 0 radical (unpaired) electrons. The van der Waals surface area contributed by atoms with Crippen LogP contribution in [0.25, 0.3) is 10.8 Å². The highest BCUT2D eigenvalue weighted by atomic mass is 35.5. The summed E-state index contributed by atoms with van der Waals surface area (Å²) in [6.45, 7) is 4.01. The number of hydrogen-bond donors (Lipinski definition) is 1. The van der Waals surface area contributed by atoms with Gasteiger partial charge in [0.25, 0.3) is 0 Å². The smallest absolute Gasteiger partial charge is 0.243 e. The van der Waals surface area contributed by atoms with Gasteiger partial charge in [0.15, 0.2) is 0 Å². The minimum atomic E-state index is -3.60. The second-order valence-corrected chi connectivity index (χ2v) is 9.06. The predicted molar refractivity (Wildman–Crippen MR) is 108 cm³/mol. The van der Waals surface area contributed by atoms with Crippen LogP contribution >= 0.6 is 12.4 Å². The Bertz CT molecular complexity index is 931. The molecular formula is C19H26ClN3O3S. The fraction of sp³-hybridized carbons (Fsp3) is 0.526. The Morgan fingerprint density at radius 2 is 2.07 bits per heavy atom. The zero-order valence-electron chi connectivity index (χ0n) is 15.6. The van der Waals surface area contributed by atoms with Crippen LogP contribution in [0.4, 0.5) is 0 Å². The molecule has 1 saturated heterocycles. The second-order valence-electron chi connectivity index (χ2n) is 7.20. The maximum atomic E-state index is 13.6. The van der Waals surface area contributed by atoms with Gasteiger partial charge in [0.1, 0.15) is 0 Å². The number of halogens is 1. The topological polar surface area (TPSA) is 71.5 Å². The fourth-order valence-electron chi connectivity index (χ4n) is 3.83. The van der Waals surface area contributed by atoms with Crippen LogP contribution in [0.5, 0.6) is 5.88 Å². The summed E-state index contributed by atoms with van der Waals surface area (Å²) in [6, 6.07) is 5.34. The summed E-state index contributed by atoms with van der Waals surface area (Å²) in [5.74, 6) is 0.877. The molecule has 27 heavy (non-hydrogen) atoms. The number of nitrogens with zero attached hydrogens (tertiary/aromatic N) is 2. The Morgan fingerprint density at radius 3 is 2.78 bits per heavy atom. The highest BCUT2D eigenvalue weighted by molar-refractivity contribution is 7.89. The molecule has 1 N–H and O–H groups in total. The van der Waals surface area contributed by atoms with Crippen molar-refractivity contribution in [1.82, 2.24) is 14.6 Å². The first-order valence-electron chi connectivity index (χ1n) is 9.22. The number of benzene rings is 1. The van der Waals surface area contributed by atoms with Gasteiger partial charge in [0.2, 0.25) is 15.9 Å². The first-order chi connectivity index (χ1) is 12.5.